The maximum absolute atomic E-state index is 12.4. The molecular formula is C31H42O2. The fourth-order valence-electron chi connectivity index (χ4n) is 5.18. The molecule has 0 aromatic heterocycles. The van der Waals surface area contributed by atoms with Gasteiger partial charge in [0, 0.05) is 12.8 Å². The number of carbonyl (C=O) groups excluding carboxylic acids is 1. The average molecular weight is 447 g/mol. The summed E-state index contributed by atoms with van der Waals surface area (Å²) in [6, 6.07) is 17.1. The van der Waals surface area contributed by atoms with Gasteiger partial charge in [0.1, 0.15) is 18.1 Å². The molecule has 2 nitrogen and oxygen atoms in total. The molecule has 1 saturated carbocycles. The first kappa shape index (κ1) is 25.3. The maximum Gasteiger partial charge on any atom is 0.133 e. The van der Waals surface area contributed by atoms with E-state index >= 15 is 0 Å². The van der Waals surface area contributed by atoms with Crippen molar-refractivity contribution in [2.75, 3.05) is 0 Å². The molecule has 3 rings (SSSR count). The van der Waals surface area contributed by atoms with E-state index in [1.54, 1.807) is 0 Å². The molecule has 2 heteroatoms. The number of carbonyl (C=O) groups is 1. The lowest BCUT2D eigenvalue weighted by Crippen LogP contribution is -2.24. The van der Waals surface area contributed by atoms with Crippen LogP contribution in [0.15, 0.2) is 61.2 Å². The predicted molar refractivity (Wildman–Crippen MR) is 139 cm³/mol. The van der Waals surface area contributed by atoms with Gasteiger partial charge in [0.15, 0.2) is 0 Å². The number of Topliss-reactive ketones (excluding diaryl/α,β-unsaturated/α-hetero) is 1. The van der Waals surface area contributed by atoms with E-state index < -0.39 is 0 Å². The SMILES string of the molecule is C=CC[C@H]1CCC(=O)C[C@@H]1c1ccc(C(C)(C)CCCCCC)cc1OCc1ccccc1. The molecule has 0 heterocycles. The van der Waals surface area contributed by atoms with Crippen molar-refractivity contribution in [3.63, 3.8) is 0 Å². The lowest BCUT2D eigenvalue weighted by atomic mass is 9.72. The quantitative estimate of drug-likeness (QED) is 0.241. The molecule has 33 heavy (non-hydrogen) atoms. The van der Waals surface area contributed by atoms with Gasteiger partial charge < -0.3 is 4.74 Å². The van der Waals surface area contributed by atoms with E-state index in [9.17, 15) is 4.79 Å². The van der Waals surface area contributed by atoms with Crippen LogP contribution in [0.25, 0.3) is 0 Å². The van der Waals surface area contributed by atoms with Crippen LogP contribution in [0.2, 0.25) is 0 Å². The van der Waals surface area contributed by atoms with Gasteiger partial charge in [-0.15, -0.1) is 6.58 Å². The van der Waals surface area contributed by atoms with Crippen molar-refractivity contribution in [3.8, 4) is 5.75 Å². The number of allylic oxidation sites excluding steroid dienone is 1. The Bertz CT molecular complexity index is 896. The van der Waals surface area contributed by atoms with Gasteiger partial charge in [0.25, 0.3) is 0 Å². The van der Waals surface area contributed by atoms with Gasteiger partial charge in [-0.3, -0.25) is 4.79 Å². The lowest BCUT2D eigenvalue weighted by Gasteiger charge is -2.33. The summed E-state index contributed by atoms with van der Waals surface area (Å²) in [5.74, 6) is 1.98. The molecule has 0 saturated heterocycles. The van der Waals surface area contributed by atoms with E-state index in [2.05, 4.69) is 69.8 Å². The van der Waals surface area contributed by atoms with Crippen LogP contribution < -0.4 is 4.74 Å². The predicted octanol–water partition coefficient (Wildman–Crippen LogP) is 8.54. The van der Waals surface area contributed by atoms with Gasteiger partial charge in [-0.1, -0.05) is 95.0 Å². The summed E-state index contributed by atoms with van der Waals surface area (Å²) < 4.78 is 6.48. The molecule has 1 aliphatic rings. The Kier molecular flexibility index (Phi) is 9.35. The summed E-state index contributed by atoms with van der Waals surface area (Å²) in [4.78, 5) is 12.4. The van der Waals surface area contributed by atoms with Gasteiger partial charge in [-0.25, -0.2) is 0 Å². The normalized spacial score (nSPS) is 18.8. The highest BCUT2D eigenvalue weighted by Crippen LogP contribution is 2.44. The highest BCUT2D eigenvalue weighted by Gasteiger charge is 2.32. The summed E-state index contributed by atoms with van der Waals surface area (Å²) in [6.45, 7) is 11.5. The zero-order chi connectivity index (χ0) is 23.7. The first-order valence-electron chi connectivity index (χ1n) is 12.9. The van der Waals surface area contributed by atoms with Crippen LogP contribution in [0.4, 0.5) is 0 Å². The summed E-state index contributed by atoms with van der Waals surface area (Å²) in [6.07, 6.45) is 11.5. The zero-order valence-electron chi connectivity index (χ0n) is 20.9. The largest absolute Gasteiger partial charge is 0.489 e. The van der Waals surface area contributed by atoms with Crippen molar-refractivity contribution >= 4 is 5.78 Å². The van der Waals surface area contributed by atoms with Crippen molar-refractivity contribution in [1.29, 1.82) is 0 Å². The van der Waals surface area contributed by atoms with E-state index in [4.69, 9.17) is 4.74 Å². The number of unbranched alkanes of at least 4 members (excludes halogenated alkanes) is 3. The number of hydrogen-bond acceptors (Lipinski definition) is 2. The minimum absolute atomic E-state index is 0.0973. The van der Waals surface area contributed by atoms with Crippen LogP contribution in [-0.2, 0) is 16.8 Å². The molecule has 0 N–H and O–H groups in total. The molecule has 0 amide bonds. The second-order valence-corrected chi connectivity index (χ2v) is 10.4. The topological polar surface area (TPSA) is 26.3 Å². The van der Waals surface area contributed by atoms with Crippen LogP contribution in [0, 0.1) is 5.92 Å². The fraction of sp³-hybridized carbons (Fsp3) is 0.516. The van der Waals surface area contributed by atoms with E-state index in [1.807, 2.05) is 12.1 Å². The highest BCUT2D eigenvalue weighted by atomic mass is 16.5. The van der Waals surface area contributed by atoms with Crippen molar-refractivity contribution < 1.29 is 9.53 Å². The van der Waals surface area contributed by atoms with Gasteiger partial charge in [0.05, 0.1) is 0 Å². The molecule has 178 valence electrons. The third kappa shape index (κ3) is 7.06. The molecular weight excluding hydrogens is 404 g/mol. The van der Waals surface area contributed by atoms with E-state index in [0.717, 1.165) is 24.2 Å². The minimum atomic E-state index is 0.0973. The molecule has 2 atom stereocenters. The number of ketones is 1. The Morgan fingerprint density at radius 2 is 1.88 bits per heavy atom. The molecule has 0 bridgehead atoms. The number of rotatable bonds is 12. The minimum Gasteiger partial charge on any atom is -0.489 e. The van der Waals surface area contributed by atoms with Crippen molar-refractivity contribution in [1.82, 2.24) is 0 Å². The van der Waals surface area contributed by atoms with Gasteiger partial charge in [-0.2, -0.15) is 0 Å². The standard InChI is InChI=1S/C31H42O2/c1-5-7-8-12-20-31(3,4)26-17-19-28(29-22-27(32)18-16-25(29)13-6-2)30(21-26)33-23-24-14-10-9-11-15-24/h6,9-11,14-15,17,19,21,25,29H,2,5,7-8,12-13,16,18,20,22-23H2,1,3-4H3/t25-,29-/m0/s1. The van der Waals surface area contributed by atoms with Crippen LogP contribution in [0.5, 0.6) is 5.75 Å². The average Bonchev–Trinajstić information content (AvgIpc) is 2.82. The van der Waals surface area contributed by atoms with Crippen molar-refractivity contribution in [3.05, 3.63) is 77.9 Å². The Labute approximate surface area is 201 Å². The van der Waals surface area contributed by atoms with E-state index in [1.165, 1.54) is 43.2 Å². The van der Waals surface area contributed by atoms with Gasteiger partial charge in [0.2, 0.25) is 0 Å². The van der Waals surface area contributed by atoms with Crippen LogP contribution in [0.1, 0.15) is 101 Å². The van der Waals surface area contributed by atoms with E-state index in [-0.39, 0.29) is 11.3 Å². The monoisotopic (exact) mass is 446 g/mol. The molecule has 0 radical (unpaired) electrons. The third-order valence-corrected chi connectivity index (χ3v) is 7.37. The number of benzene rings is 2. The second-order valence-electron chi connectivity index (χ2n) is 10.4. The Balaban J connectivity index is 1.90. The first-order chi connectivity index (χ1) is 15.9. The second kappa shape index (κ2) is 12.2. The van der Waals surface area contributed by atoms with E-state index in [0.29, 0.717) is 31.1 Å². The third-order valence-electron chi connectivity index (χ3n) is 7.37. The lowest BCUT2D eigenvalue weighted by molar-refractivity contribution is -0.121. The smallest absolute Gasteiger partial charge is 0.133 e. The number of hydrogen-bond donors (Lipinski definition) is 0. The van der Waals surface area contributed by atoms with Crippen molar-refractivity contribution in [2.45, 2.75) is 96.5 Å². The van der Waals surface area contributed by atoms with Crippen LogP contribution in [-0.4, -0.2) is 5.78 Å². The summed E-state index contributed by atoms with van der Waals surface area (Å²) in [5.41, 5.74) is 3.78. The van der Waals surface area contributed by atoms with Gasteiger partial charge in [-0.05, 0) is 59.3 Å². The highest BCUT2D eigenvalue weighted by molar-refractivity contribution is 5.80. The summed E-state index contributed by atoms with van der Waals surface area (Å²) in [5, 5.41) is 0. The Morgan fingerprint density at radius 1 is 1.09 bits per heavy atom. The molecule has 1 fully saturated rings. The molecule has 0 spiro atoms. The first-order valence-corrected chi connectivity index (χ1v) is 12.9. The Hall–Kier alpha value is -2.35. The van der Waals surface area contributed by atoms with Crippen LogP contribution >= 0.6 is 0 Å². The van der Waals surface area contributed by atoms with Crippen LogP contribution in [0.3, 0.4) is 0 Å². The summed E-state index contributed by atoms with van der Waals surface area (Å²) >= 11 is 0. The fourth-order valence-corrected chi connectivity index (χ4v) is 5.18. The molecule has 2 aromatic carbocycles. The number of ether oxygens (including phenoxy) is 1. The molecule has 1 aliphatic carbocycles. The zero-order valence-corrected chi connectivity index (χ0v) is 20.9. The molecule has 2 aromatic rings. The van der Waals surface area contributed by atoms with Gasteiger partial charge >= 0.3 is 0 Å². The Morgan fingerprint density at radius 3 is 2.61 bits per heavy atom. The summed E-state index contributed by atoms with van der Waals surface area (Å²) in [7, 11) is 0. The molecule has 0 unspecified atom stereocenters. The van der Waals surface area contributed by atoms with Crippen molar-refractivity contribution in [2.24, 2.45) is 5.92 Å². The molecule has 0 aliphatic heterocycles. The maximum atomic E-state index is 12.4.